The van der Waals surface area contributed by atoms with Gasteiger partial charge in [0, 0.05) is 55.7 Å². The Kier molecular flexibility index (Phi) is 9.27. The molecule has 2 aliphatic rings. The van der Waals surface area contributed by atoms with Crippen molar-refractivity contribution >= 4 is 11.1 Å². The Morgan fingerprint density at radius 1 is 0.310 bits per heavy atom. The second-order valence-corrected chi connectivity index (χ2v) is 12.5. The van der Waals surface area contributed by atoms with E-state index in [-0.39, 0.29) is 79.5 Å². The van der Waals surface area contributed by atoms with Crippen molar-refractivity contribution in [3.05, 3.63) is 178 Å². The Balaban J connectivity index is 1.46. The van der Waals surface area contributed by atoms with Gasteiger partial charge in [0.15, 0.2) is 34.9 Å². The van der Waals surface area contributed by atoms with Gasteiger partial charge in [-0.3, -0.25) is 0 Å². The minimum Gasteiger partial charge on any atom is -0.208 e. The van der Waals surface area contributed by atoms with Gasteiger partial charge < -0.3 is 0 Å². The molecule has 6 aromatic rings. The van der Waals surface area contributed by atoms with E-state index in [1.54, 1.807) is 48.5 Å². The van der Waals surface area contributed by atoms with Crippen LogP contribution in [-0.2, 0) is 0 Å². The maximum Gasteiger partial charge on any atom is 0.166 e. The van der Waals surface area contributed by atoms with Crippen molar-refractivity contribution in [1.29, 1.82) is 31.6 Å². The van der Waals surface area contributed by atoms with Crippen molar-refractivity contribution in [3.63, 3.8) is 0 Å². The molecule has 0 amide bonds. The average molecular weight is 741 g/mol. The molecule has 0 N–H and O–H groups in total. The first-order valence-corrected chi connectivity index (χ1v) is 17.4. The molecular weight excluding hydrogens is 721 g/mol. The van der Waals surface area contributed by atoms with Crippen LogP contribution in [0.25, 0.3) is 56.7 Å². The van der Waals surface area contributed by atoms with Gasteiger partial charge in [0.25, 0.3) is 0 Å². The third-order valence-corrected chi connectivity index (χ3v) is 9.27. The van der Waals surface area contributed by atoms with Gasteiger partial charge in [-0.2, -0.15) is 31.6 Å². The van der Waals surface area contributed by atoms with Crippen LogP contribution in [0.15, 0.2) is 166 Å². The molecule has 2 aromatic heterocycles. The summed E-state index contributed by atoms with van der Waals surface area (Å²) >= 11 is 0. The summed E-state index contributed by atoms with van der Waals surface area (Å²) in [4.78, 5) is 28.6. The fourth-order valence-electron chi connectivity index (χ4n) is 6.79. The predicted octanol–water partition coefficient (Wildman–Crippen LogP) is 7.99. The van der Waals surface area contributed by atoms with E-state index in [1.165, 1.54) is 0 Å². The lowest BCUT2D eigenvalue weighted by Crippen LogP contribution is -2.08. The minimum absolute atomic E-state index is 0.0361. The van der Waals surface area contributed by atoms with Gasteiger partial charge in [-0.25, -0.2) is 29.9 Å². The van der Waals surface area contributed by atoms with E-state index in [2.05, 4.69) is 12.1 Å². The molecule has 0 aliphatic heterocycles. The van der Waals surface area contributed by atoms with E-state index >= 15 is 0 Å². The Hall–Kier alpha value is -9.46. The van der Waals surface area contributed by atoms with Crippen LogP contribution in [0.4, 0.5) is 0 Å². The van der Waals surface area contributed by atoms with Crippen LogP contribution < -0.4 is 0 Å². The van der Waals surface area contributed by atoms with Crippen molar-refractivity contribution in [2.45, 2.75) is 0 Å². The molecule has 2 aliphatic carbocycles. The standard InChI is InChI=1S/C46H20N12/c47-21-31(22-48)35-38-34(26-52)40(46-57-43(29-17-9-3-10-18-29)54-44(58-46)30-19-11-4-12-20-30)36(32(23-49)24-50)37(38)33(25-51)39(35)45-55-41(27-13-5-1-6-14-27)53-42(56-45)28-15-7-2-8-16-28/h1-20H. The molecule has 0 bridgehead atoms. The lowest BCUT2D eigenvalue weighted by Gasteiger charge is -2.15. The zero-order valence-electron chi connectivity index (χ0n) is 29.9. The summed E-state index contributed by atoms with van der Waals surface area (Å²) in [7, 11) is 0. The quantitative estimate of drug-likeness (QED) is 0.148. The molecule has 58 heavy (non-hydrogen) atoms. The van der Waals surface area contributed by atoms with E-state index in [4.69, 9.17) is 29.9 Å². The van der Waals surface area contributed by atoms with Gasteiger partial charge in [0.05, 0.1) is 11.1 Å². The van der Waals surface area contributed by atoms with Crippen molar-refractivity contribution in [2.75, 3.05) is 0 Å². The van der Waals surface area contributed by atoms with Gasteiger partial charge in [-0.05, 0) is 0 Å². The number of nitriles is 6. The number of hydrogen-bond donors (Lipinski definition) is 0. The van der Waals surface area contributed by atoms with Gasteiger partial charge in [-0.1, -0.05) is 121 Å². The third-order valence-electron chi connectivity index (χ3n) is 9.27. The minimum atomic E-state index is -0.468. The van der Waals surface area contributed by atoms with Crippen LogP contribution in [0.5, 0.6) is 0 Å². The normalized spacial score (nSPS) is 12.8. The van der Waals surface area contributed by atoms with Gasteiger partial charge in [0.1, 0.15) is 47.6 Å². The van der Waals surface area contributed by atoms with E-state index < -0.39 is 11.1 Å². The summed E-state index contributed by atoms with van der Waals surface area (Å²) in [5.41, 5.74) is 0.736. The highest BCUT2D eigenvalue weighted by Crippen LogP contribution is 2.57. The second-order valence-electron chi connectivity index (χ2n) is 12.5. The smallest absolute Gasteiger partial charge is 0.166 e. The monoisotopic (exact) mass is 740 g/mol. The summed E-state index contributed by atoms with van der Waals surface area (Å²) in [6, 6.07) is 48.2. The van der Waals surface area contributed by atoms with Crippen LogP contribution in [0.2, 0.25) is 0 Å². The molecule has 4 aromatic carbocycles. The van der Waals surface area contributed by atoms with Crippen molar-refractivity contribution in [2.24, 2.45) is 0 Å². The Labute approximate surface area is 331 Å². The lowest BCUT2D eigenvalue weighted by atomic mass is 9.89. The summed E-state index contributed by atoms with van der Waals surface area (Å²) in [6.45, 7) is 0. The van der Waals surface area contributed by atoms with Gasteiger partial charge >= 0.3 is 0 Å². The van der Waals surface area contributed by atoms with Gasteiger partial charge in [0.2, 0.25) is 0 Å². The summed E-state index contributed by atoms with van der Waals surface area (Å²) in [5.74, 6) is 0.748. The largest absolute Gasteiger partial charge is 0.208 e. The first-order chi connectivity index (χ1) is 28.5. The van der Waals surface area contributed by atoms with Crippen LogP contribution in [0, 0.1) is 68.0 Å². The molecule has 0 unspecified atom stereocenters. The molecule has 12 nitrogen and oxygen atoms in total. The third kappa shape index (κ3) is 6.03. The van der Waals surface area contributed by atoms with E-state index in [1.807, 2.05) is 97.1 Å². The number of nitrogens with zero attached hydrogens (tertiary/aromatic N) is 12. The summed E-state index contributed by atoms with van der Waals surface area (Å²) in [6.07, 6.45) is 0. The first-order valence-electron chi connectivity index (χ1n) is 17.4. The average Bonchev–Trinajstić information content (AvgIpc) is 3.80. The number of allylic oxidation sites excluding steroid dienone is 10. The molecule has 0 spiro atoms. The SMILES string of the molecule is N#CC(C#N)=C1C2=C(C(C#N)=C1c1nc(-c3ccccc3)nc(-c3ccccc3)n1)C(=C(C#N)C#N)C(c1nc(-c3ccccc3)nc(-c3ccccc3)n1)=C2C#N. The topological polar surface area (TPSA) is 220 Å². The number of benzene rings is 4. The van der Waals surface area contributed by atoms with E-state index in [9.17, 15) is 31.6 Å². The first kappa shape index (κ1) is 35.6. The Morgan fingerprint density at radius 3 is 0.776 bits per heavy atom. The molecule has 0 fully saturated rings. The highest BCUT2D eigenvalue weighted by molar-refractivity contribution is 6.10. The van der Waals surface area contributed by atoms with Crippen molar-refractivity contribution < 1.29 is 0 Å². The summed E-state index contributed by atoms with van der Waals surface area (Å²) < 4.78 is 0. The highest BCUT2D eigenvalue weighted by atomic mass is 15.0. The molecule has 12 heteroatoms. The highest BCUT2D eigenvalue weighted by Gasteiger charge is 2.46. The Bertz CT molecular complexity index is 2770. The van der Waals surface area contributed by atoms with Crippen LogP contribution in [-0.4, -0.2) is 29.9 Å². The van der Waals surface area contributed by atoms with E-state index in [0.717, 1.165) is 0 Å². The molecule has 264 valence electrons. The Morgan fingerprint density at radius 2 is 0.552 bits per heavy atom. The molecule has 8 rings (SSSR count). The molecule has 0 radical (unpaired) electrons. The lowest BCUT2D eigenvalue weighted by molar-refractivity contribution is 1.03. The maximum absolute atomic E-state index is 11.1. The van der Waals surface area contributed by atoms with Crippen LogP contribution >= 0.6 is 0 Å². The molecule has 0 saturated heterocycles. The number of hydrogen-bond acceptors (Lipinski definition) is 12. The fourth-order valence-corrected chi connectivity index (χ4v) is 6.79. The van der Waals surface area contributed by atoms with Crippen LogP contribution in [0.3, 0.4) is 0 Å². The zero-order valence-corrected chi connectivity index (χ0v) is 29.9. The summed E-state index contributed by atoms with van der Waals surface area (Å²) in [5, 5.41) is 64.0. The zero-order chi connectivity index (χ0) is 40.2. The molecule has 2 heterocycles. The molecule has 0 atom stereocenters. The maximum atomic E-state index is 11.1. The number of aromatic nitrogens is 6. The number of rotatable bonds is 6. The predicted molar refractivity (Wildman–Crippen MR) is 210 cm³/mol. The van der Waals surface area contributed by atoms with E-state index in [0.29, 0.717) is 22.3 Å². The van der Waals surface area contributed by atoms with Crippen LogP contribution in [0.1, 0.15) is 11.6 Å². The molecular formula is C46H20N12. The fraction of sp³-hybridized carbons (Fsp3) is 0. The van der Waals surface area contributed by atoms with Gasteiger partial charge in [-0.15, -0.1) is 0 Å². The van der Waals surface area contributed by atoms with Crippen molar-refractivity contribution in [1.82, 2.24) is 29.9 Å². The van der Waals surface area contributed by atoms with Crippen molar-refractivity contribution in [3.8, 4) is 82.0 Å². The second kappa shape index (κ2) is 15.1. The molecule has 0 saturated carbocycles.